The first kappa shape index (κ1) is 15.7. The lowest BCUT2D eigenvalue weighted by atomic mass is 10.0. The predicted octanol–water partition coefficient (Wildman–Crippen LogP) is -0.830. The largest absolute Gasteiger partial charge is 0.386 e. The number of carbonyl (C=O) groups excluding carboxylic acids is 3. The molecular formula is C13H20N4O3. The average molecular weight is 280 g/mol. The molecule has 1 rings (SSSR count). The number of hydrogen-bond donors (Lipinski definition) is 2. The maximum atomic E-state index is 12.2. The van der Waals surface area contributed by atoms with Crippen LogP contribution in [0.4, 0.5) is 0 Å². The van der Waals surface area contributed by atoms with E-state index in [1.807, 2.05) is 0 Å². The van der Waals surface area contributed by atoms with E-state index in [1.54, 1.807) is 19.0 Å². The number of nitrogens with two attached hydrogens (primary N) is 1. The molecule has 110 valence electrons. The molecule has 0 aromatic rings. The number of aldehydes is 1. The fourth-order valence-corrected chi connectivity index (χ4v) is 2.04. The molecule has 20 heavy (non-hydrogen) atoms. The van der Waals surface area contributed by atoms with Crippen LogP contribution >= 0.6 is 0 Å². The highest BCUT2D eigenvalue weighted by molar-refractivity contribution is 5.99. The third kappa shape index (κ3) is 3.84. The number of nitrogens with one attached hydrogen (secondary N) is 1. The van der Waals surface area contributed by atoms with Gasteiger partial charge >= 0.3 is 0 Å². The molecule has 0 bridgehead atoms. The summed E-state index contributed by atoms with van der Waals surface area (Å²) in [5.41, 5.74) is 6.02. The molecule has 1 aliphatic heterocycles. The monoisotopic (exact) mass is 280 g/mol. The number of hydrogen-bond acceptors (Lipinski definition) is 5. The number of likely N-dealkylation sites (N-methyl/N-ethyl adjacent to an activating group) is 1. The van der Waals surface area contributed by atoms with Crippen LogP contribution in [0.1, 0.15) is 12.8 Å². The zero-order valence-corrected chi connectivity index (χ0v) is 11.8. The van der Waals surface area contributed by atoms with Gasteiger partial charge in [0.15, 0.2) is 0 Å². The summed E-state index contributed by atoms with van der Waals surface area (Å²) in [6, 6.07) is 0. The topological polar surface area (TPSA) is 95.7 Å². The summed E-state index contributed by atoms with van der Waals surface area (Å²) in [4.78, 5) is 38.0. The van der Waals surface area contributed by atoms with E-state index in [0.29, 0.717) is 24.8 Å². The maximum Gasteiger partial charge on any atom is 0.270 e. The molecule has 0 aliphatic carbocycles. The zero-order chi connectivity index (χ0) is 15.3. The van der Waals surface area contributed by atoms with Crippen LogP contribution in [0, 0.1) is 0 Å². The lowest BCUT2D eigenvalue weighted by molar-refractivity contribution is -0.127. The van der Waals surface area contributed by atoms with Crippen molar-refractivity contribution in [3.8, 4) is 0 Å². The Hall–Kier alpha value is -2.31. The highest BCUT2D eigenvalue weighted by atomic mass is 16.2. The summed E-state index contributed by atoms with van der Waals surface area (Å²) < 4.78 is 0. The minimum atomic E-state index is -0.367. The van der Waals surface area contributed by atoms with Crippen molar-refractivity contribution in [1.82, 2.24) is 15.1 Å². The van der Waals surface area contributed by atoms with E-state index in [-0.39, 0.29) is 29.9 Å². The third-order valence-electron chi connectivity index (χ3n) is 2.88. The molecule has 0 spiro atoms. The second-order valence-electron chi connectivity index (χ2n) is 4.79. The maximum absolute atomic E-state index is 12.2. The smallest absolute Gasteiger partial charge is 0.270 e. The zero-order valence-electron chi connectivity index (χ0n) is 11.8. The first-order chi connectivity index (χ1) is 9.36. The lowest BCUT2D eigenvalue weighted by Crippen LogP contribution is -2.44. The number of nitrogens with zero attached hydrogens (tertiary/aromatic N) is 2. The van der Waals surface area contributed by atoms with Gasteiger partial charge in [0.25, 0.3) is 5.91 Å². The normalized spacial score (nSPS) is 14.8. The summed E-state index contributed by atoms with van der Waals surface area (Å²) in [5, 5.41) is 2.38. The third-order valence-corrected chi connectivity index (χ3v) is 2.88. The molecule has 0 atom stereocenters. The van der Waals surface area contributed by atoms with Crippen LogP contribution in [0.2, 0.25) is 0 Å². The van der Waals surface area contributed by atoms with Gasteiger partial charge in [0.05, 0.1) is 12.4 Å². The highest BCUT2D eigenvalue weighted by Crippen LogP contribution is 2.22. The molecule has 0 unspecified atom stereocenters. The Labute approximate surface area is 118 Å². The van der Waals surface area contributed by atoms with Gasteiger partial charge in [-0.3, -0.25) is 14.4 Å². The van der Waals surface area contributed by atoms with Crippen LogP contribution in [0.25, 0.3) is 0 Å². The predicted molar refractivity (Wildman–Crippen MR) is 74.1 cm³/mol. The Morgan fingerprint density at radius 1 is 1.50 bits per heavy atom. The molecule has 0 aromatic carbocycles. The molecule has 0 radical (unpaired) electrons. The van der Waals surface area contributed by atoms with Crippen molar-refractivity contribution >= 4 is 18.1 Å². The Kier molecular flexibility index (Phi) is 5.31. The summed E-state index contributed by atoms with van der Waals surface area (Å²) in [6.07, 6.45) is 1.94. The molecule has 0 saturated heterocycles. The summed E-state index contributed by atoms with van der Waals surface area (Å²) in [5.74, 6) is -0.605. The van der Waals surface area contributed by atoms with Gasteiger partial charge in [0.1, 0.15) is 12.0 Å². The summed E-state index contributed by atoms with van der Waals surface area (Å²) in [7, 11) is 3.21. The van der Waals surface area contributed by atoms with Crippen LogP contribution in [0.15, 0.2) is 23.7 Å². The summed E-state index contributed by atoms with van der Waals surface area (Å²) >= 11 is 0. The first-order valence-electron chi connectivity index (χ1n) is 6.26. The van der Waals surface area contributed by atoms with Crippen molar-refractivity contribution in [2.75, 3.05) is 27.2 Å². The Bertz CT molecular complexity index is 468. The van der Waals surface area contributed by atoms with E-state index in [4.69, 9.17) is 5.73 Å². The quantitative estimate of drug-likeness (QED) is 0.641. The highest BCUT2D eigenvalue weighted by Gasteiger charge is 2.28. The van der Waals surface area contributed by atoms with E-state index in [1.165, 1.54) is 4.90 Å². The molecule has 2 amide bonds. The van der Waals surface area contributed by atoms with Gasteiger partial charge in [-0.15, -0.1) is 0 Å². The molecular weight excluding hydrogens is 260 g/mol. The van der Waals surface area contributed by atoms with E-state index >= 15 is 0 Å². The van der Waals surface area contributed by atoms with Crippen LogP contribution < -0.4 is 11.1 Å². The molecule has 0 aromatic heterocycles. The van der Waals surface area contributed by atoms with Gasteiger partial charge in [0.2, 0.25) is 5.91 Å². The fourth-order valence-electron chi connectivity index (χ4n) is 2.04. The van der Waals surface area contributed by atoms with Gasteiger partial charge in [-0.1, -0.05) is 6.58 Å². The van der Waals surface area contributed by atoms with Crippen molar-refractivity contribution in [2.24, 2.45) is 5.73 Å². The fraction of sp³-hybridized carbons (Fsp3) is 0.462. The van der Waals surface area contributed by atoms with Crippen molar-refractivity contribution < 1.29 is 14.4 Å². The van der Waals surface area contributed by atoms with Crippen molar-refractivity contribution in [1.29, 1.82) is 0 Å². The number of allylic oxidation sites excluding steroid dienone is 1. The van der Waals surface area contributed by atoms with Gasteiger partial charge in [0, 0.05) is 26.2 Å². The average Bonchev–Trinajstić information content (AvgIpc) is 2.36. The molecule has 7 heteroatoms. The van der Waals surface area contributed by atoms with E-state index in [0.717, 1.165) is 6.42 Å². The van der Waals surface area contributed by atoms with Crippen LogP contribution in [-0.2, 0) is 14.4 Å². The number of carbonyl (C=O) groups is 3. The second-order valence-corrected chi connectivity index (χ2v) is 4.79. The van der Waals surface area contributed by atoms with Gasteiger partial charge in [-0.2, -0.15) is 0 Å². The molecule has 3 N–H and O–H groups in total. The Balaban J connectivity index is 2.98. The van der Waals surface area contributed by atoms with E-state index < -0.39 is 0 Å². The van der Waals surface area contributed by atoms with Gasteiger partial charge in [-0.25, -0.2) is 0 Å². The van der Waals surface area contributed by atoms with Crippen molar-refractivity contribution in [3.63, 3.8) is 0 Å². The Morgan fingerprint density at radius 3 is 2.65 bits per heavy atom. The van der Waals surface area contributed by atoms with Crippen molar-refractivity contribution in [2.45, 2.75) is 12.8 Å². The Morgan fingerprint density at radius 2 is 2.15 bits per heavy atom. The minimum absolute atomic E-state index is 0.0392. The van der Waals surface area contributed by atoms with Crippen LogP contribution in [-0.4, -0.2) is 55.1 Å². The van der Waals surface area contributed by atoms with E-state index in [2.05, 4.69) is 11.9 Å². The minimum Gasteiger partial charge on any atom is -0.386 e. The molecule has 0 fully saturated rings. The SMILES string of the molecule is C=C(N)NC(=O)CN1CCCC(C=O)=C1C(=O)N(C)C. The first-order valence-corrected chi connectivity index (χ1v) is 6.26. The molecule has 0 saturated carbocycles. The van der Waals surface area contributed by atoms with E-state index in [9.17, 15) is 14.4 Å². The van der Waals surface area contributed by atoms with Crippen LogP contribution in [0.5, 0.6) is 0 Å². The molecule has 1 aliphatic rings. The number of rotatable bonds is 5. The molecule has 7 nitrogen and oxygen atoms in total. The standard InChI is InChI=1S/C13H20N4O3/c1-9(14)15-11(19)7-17-6-4-5-10(8-18)12(17)13(20)16(2)3/h8H,1,4-7,14H2,2-3H3,(H,15,19). The van der Waals surface area contributed by atoms with Gasteiger partial charge < -0.3 is 20.9 Å². The van der Waals surface area contributed by atoms with Crippen molar-refractivity contribution in [3.05, 3.63) is 23.7 Å². The number of amides is 2. The second kappa shape index (κ2) is 6.74. The molecule has 1 heterocycles. The summed E-state index contributed by atoms with van der Waals surface area (Å²) in [6.45, 7) is 3.88. The van der Waals surface area contributed by atoms with Crippen LogP contribution in [0.3, 0.4) is 0 Å². The lowest BCUT2D eigenvalue weighted by Gasteiger charge is -2.32. The van der Waals surface area contributed by atoms with Gasteiger partial charge in [-0.05, 0) is 12.8 Å².